The van der Waals surface area contributed by atoms with Gasteiger partial charge < -0.3 is 15.4 Å². The van der Waals surface area contributed by atoms with Gasteiger partial charge in [-0.25, -0.2) is 4.98 Å². The van der Waals surface area contributed by atoms with E-state index in [9.17, 15) is 10.1 Å². The van der Waals surface area contributed by atoms with Gasteiger partial charge in [0.15, 0.2) is 0 Å². The summed E-state index contributed by atoms with van der Waals surface area (Å²) in [6.07, 6.45) is 2.96. The van der Waals surface area contributed by atoms with Crippen molar-refractivity contribution in [2.45, 2.75) is 33.1 Å². The number of hydrogen-bond acceptors (Lipinski definition) is 6. The van der Waals surface area contributed by atoms with E-state index in [0.717, 1.165) is 32.4 Å². The third-order valence-corrected chi connectivity index (χ3v) is 2.83. The van der Waals surface area contributed by atoms with Crippen LogP contribution in [0.1, 0.15) is 33.1 Å². The van der Waals surface area contributed by atoms with E-state index in [1.54, 1.807) is 6.07 Å². The molecule has 0 saturated carbocycles. The summed E-state index contributed by atoms with van der Waals surface area (Å²) in [6, 6.07) is 3.08. The highest BCUT2D eigenvalue weighted by Crippen LogP contribution is 2.23. The molecule has 2 N–H and O–H groups in total. The summed E-state index contributed by atoms with van der Waals surface area (Å²) in [6.45, 7) is 6.79. The number of rotatable bonds is 11. The maximum atomic E-state index is 11.0. The minimum Gasteiger partial charge on any atom is -0.381 e. The fourth-order valence-electron chi connectivity index (χ4n) is 1.74. The topological polar surface area (TPSA) is 89.3 Å². The molecule has 0 unspecified atom stereocenters. The van der Waals surface area contributed by atoms with Gasteiger partial charge in [0.2, 0.25) is 5.82 Å². The number of aromatic nitrogens is 1. The molecule has 1 heterocycles. The van der Waals surface area contributed by atoms with E-state index in [2.05, 4.69) is 22.5 Å². The quantitative estimate of drug-likeness (QED) is 0.370. The van der Waals surface area contributed by atoms with Crippen molar-refractivity contribution in [2.24, 2.45) is 0 Å². The monoisotopic (exact) mass is 296 g/mol. The molecular formula is C14H24N4O3. The Morgan fingerprint density at radius 2 is 2.00 bits per heavy atom. The largest absolute Gasteiger partial charge is 0.381 e. The van der Waals surface area contributed by atoms with E-state index < -0.39 is 4.92 Å². The van der Waals surface area contributed by atoms with Crippen LogP contribution in [0.25, 0.3) is 0 Å². The van der Waals surface area contributed by atoms with Crippen molar-refractivity contribution >= 4 is 17.3 Å². The minimum absolute atomic E-state index is 0.0106. The van der Waals surface area contributed by atoms with Gasteiger partial charge in [0.25, 0.3) is 0 Å². The van der Waals surface area contributed by atoms with Crippen LogP contribution >= 0.6 is 0 Å². The summed E-state index contributed by atoms with van der Waals surface area (Å²) in [7, 11) is 0. The van der Waals surface area contributed by atoms with E-state index in [4.69, 9.17) is 4.74 Å². The van der Waals surface area contributed by atoms with Crippen LogP contribution in [0, 0.1) is 10.1 Å². The van der Waals surface area contributed by atoms with Crippen molar-refractivity contribution in [1.29, 1.82) is 0 Å². The first-order valence-electron chi connectivity index (χ1n) is 7.40. The lowest BCUT2D eigenvalue weighted by Crippen LogP contribution is -2.10. The fourth-order valence-corrected chi connectivity index (χ4v) is 1.74. The maximum absolute atomic E-state index is 11.0. The van der Waals surface area contributed by atoms with Crippen LogP contribution in [0.5, 0.6) is 0 Å². The van der Waals surface area contributed by atoms with E-state index >= 15 is 0 Å². The first kappa shape index (κ1) is 17.2. The number of nitrogens with zero attached hydrogens (tertiary/aromatic N) is 2. The van der Waals surface area contributed by atoms with Gasteiger partial charge in [-0.2, -0.15) is 0 Å². The second kappa shape index (κ2) is 9.93. The van der Waals surface area contributed by atoms with Crippen LogP contribution in [0.2, 0.25) is 0 Å². The number of ether oxygens (including phenoxy) is 1. The average molecular weight is 296 g/mol. The fraction of sp³-hybridized carbons (Fsp3) is 0.643. The number of nitrogens with one attached hydrogen (secondary N) is 2. The Morgan fingerprint density at radius 3 is 2.67 bits per heavy atom. The third-order valence-electron chi connectivity index (χ3n) is 2.83. The predicted octanol–water partition coefficient (Wildman–Crippen LogP) is 3.04. The number of anilines is 2. The molecule has 118 valence electrons. The van der Waals surface area contributed by atoms with E-state index in [0.29, 0.717) is 24.8 Å². The highest BCUT2D eigenvalue weighted by molar-refractivity contribution is 5.60. The summed E-state index contributed by atoms with van der Waals surface area (Å²) in [5.74, 6) is 0.928. The van der Waals surface area contributed by atoms with Crippen molar-refractivity contribution < 1.29 is 9.66 Å². The molecule has 0 fully saturated rings. The molecule has 21 heavy (non-hydrogen) atoms. The molecule has 0 spiro atoms. The van der Waals surface area contributed by atoms with Crippen LogP contribution in [0.15, 0.2) is 12.1 Å². The Morgan fingerprint density at radius 1 is 1.24 bits per heavy atom. The Kier molecular flexibility index (Phi) is 8.11. The highest BCUT2D eigenvalue weighted by Gasteiger charge is 2.15. The maximum Gasteiger partial charge on any atom is 0.311 e. The summed E-state index contributed by atoms with van der Waals surface area (Å²) in [4.78, 5) is 14.8. The average Bonchev–Trinajstić information content (AvgIpc) is 2.46. The molecule has 0 saturated heterocycles. The molecule has 0 amide bonds. The molecule has 0 radical (unpaired) electrons. The molecular weight excluding hydrogens is 272 g/mol. The Balaban J connectivity index is 2.47. The lowest BCUT2D eigenvalue weighted by atomic mass is 10.3. The van der Waals surface area contributed by atoms with Gasteiger partial charge in [0, 0.05) is 32.4 Å². The zero-order valence-electron chi connectivity index (χ0n) is 12.7. The second-order valence-corrected chi connectivity index (χ2v) is 4.60. The summed E-state index contributed by atoms with van der Waals surface area (Å²) < 4.78 is 5.45. The van der Waals surface area contributed by atoms with Crippen molar-refractivity contribution in [1.82, 2.24) is 4.98 Å². The molecule has 0 aliphatic rings. The van der Waals surface area contributed by atoms with Crippen molar-refractivity contribution in [3.63, 3.8) is 0 Å². The number of pyridine rings is 1. The number of nitro groups is 1. The molecule has 0 aromatic carbocycles. The lowest BCUT2D eigenvalue weighted by Gasteiger charge is -2.09. The predicted molar refractivity (Wildman–Crippen MR) is 83.9 cm³/mol. The Labute approximate surface area is 125 Å². The first-order chi connectivity index (χ1) is 10.2. The van der Waals surface area contributed by atoms with Gasteiger partial charge >= 0.3 is 5.69 Å². The van der Waals surface area contributed by atoms with Crippen LogP contribution in [-0.2, 0) is 4.74 Å². The van der Waals surface area contributed by atoms with Gasteiger partial charge in [0.05, 0.1) is 4.92 Å². The molecule has 1 rings (SSSR count). The van der Waals surface area contributed by atoms with Crippen LogP contribution in [-0.4, -0.2) is 36.2 Å². The van der Waals surface area contributed by atoms with Gasteiger partial charge in [-0.3, -0.25) is 10.1 Å². The van der Waals surface area contributed by atoms with Crippen LogP contribution in [0.4, 0.5) is 17.3 Å². The molecule has 1 aromatic rings. The van der Waals surface area contributed by atoms with Crippen molar-refractivity contribution in [2.75, 3.05) is 36.9 Å². The molecule has 0 bridgehead atoms. The molecule has 7 nitrogen and oxygen atoms in total. The van der Waals surface area contributed by atoms with Gasteiger partial charge in [-0.1, -0.05) is 13.3 Å². The number of unbranched alkanes of at least 4 members (excludes halogenated alkanes) is 1. The third kappa shape index (κ3) is 6.40. The lowest BCUT2D eigenvalue weighted by molar-refractivity contribution is -0.384. The normalized spacial score (nSPS) is 10.4. The van der Waals surface area contributed by atoms with Crippen molar-refractivity contribution in [3.8, 4) is 0 Å². The van der Waals surface area contributed by atoms with Gasteiger partial charge in [0.1, 0.15) is 5.82 Å². The Hall–Kier alpha value is -1.89. The Bertz CT molecular complexity index is 440. The van der Waals surface area contributed by atoms with Gasteiger partial charge in [-0.15, -0.1) is 0 Å². The number of hydrogen-bond donors (Lipinski definition) is 2. The van der Waals surface area contributed by atoms with Gasteiger partial charge in [-0.05, 0) is 25.8 Å². The zero-order valence-corrected chi connectivity index (χ0v) is 12.7. The molecule has 0 atom stereocenters. The smallest absolute Gasteiger partial charge is 0.311 e. The summed E-state index contributed by atoms with van der Waals surface area (Å²) in [5, 5.41) is 17.0. The summed E-state index contributed by atoms with van der Waals surface area (Å²) >= 11 is 0. The minimum atomic E-state index is -0.428. The molecule has 0 aliphatic heterocycles. The highest BCUT2D eigenvalue weighted by atomic mass is 16.6. The van der Waals surface area contributed by atoms with Crippen LogP contribution < -0.4 is 10.6 Å². The molecule has 0 aliphatic carbocycles. The van der Waals surface area contributed by atoms with E-state index in [1.807, 2.05) is 6.92 Å². The first-order valence-corrected chi connectivity index (χ1v) is 7.40. The zero-order chi connectivity index (χ0) is 15.5. The molecule has 7 heteroatoms. The van der Waals surface area contributed by atoms with E-state index in [1.165, 1.54) is 6.07 Å². The standard InChI is InChI=1S/C14H24N4O3/c1-3-5-10-21-11-6-9-16-14-12(18(19)20)7-8-13(17-14)15-4-2/h7-8H,3-6,9-11H2,1-2H3,(H2,15,16,17). The summed E-state index contributed by atoms with van der Waals surface area (Å²) in [5.41, 5.74) is -0.0106. The second-order valence-electron chi connectivity index (χ2n) is 4.60. The van der Waals surface area contributed by atoms with Crippen LogP contribution in [0.3, 0.4) is 0 Å². The molecule has 1 aromatic heterocycles. The SMILES string of the molecule is CCCCOCCCNc1nc(NCC)ccc1[N+](=O)[O-]. The van der Waals surface area contributed by atoms with Crippen molar-refractivity contribution in [3.05, 3.63) is 22.2 Å². The van der Waals surface area contributed by atoms with E-state index in [-0.39, 0.29) is 5.69 Å².